The van der Waals surface area contributed by atoms with Gasteiger partial charge in [-0.1, -0.05) is 35.9 Å². The summed E-state index contributed by atoms with van der Waals surface area (Å²) in [6.45, 7) is 5.64. The van der Waals surface area contributed by atoms with Crippen molar-refractivity contribution in [1.29, 1.82) is 0 Å². The Bertz CT molecular complexity index is 1800. The second-order valence-corrected chi connectivity index (χ2v) is 12.1. The number of imidazole rings is 1. The van der Waals surface area contributed by atoms with Crippen LogP contribution in [0.2, 0.25) is 5.02 Å². The van der Waals surface area contributed by atoms with Gasteiger partial charge in [0.05, 0.1) is 16.5 Å². The molecular formula is C32H33ClF2N6O5S. The summed E-state index contributed by atoms with van der Waals surface area (Å²) < 4.78 is 35.8. The molecule has 248 valence electrons. The van der Waals surface area contributed by atoms with Crippen LogP contribution < -0.4 is 10.6 Å². The number of rotatable bonds is 8. The number of ether oxygens (including phenoxy) is 1. The van der Waals surface area contributed by atoms with Crippen LogP contribution in [0.15, 0.2) is 66.7 Å². The van der Waals surface area contributed by atoms with Gasteiger partial charge in [-0.15, -0.1) is 0 Å². The summed E-state index contributed by atoms with van der Waals surface area (Å²) in [4.78, 5) is 43.6. The average Bonchev–Trinajstić information content (AvgIpc) is 3.35. The van der Waals surface area contributed by atoms with Crippen LogP contribution >= 0.6 is 25.1 Å². The minimum absolute atomic E-state index is 0. The van der Waals surface area contributed by atoms with Gasteiger partial charge in [0.2, 0.25) is 5.91 Å². The Balaban J connectivity index is 0.00000500. The highest BCUT2D eigenvalue weighted by molar-refractivity contribution is 7.59. The second-order valence-electron chi connectivity index (χ2n) is 11.7. The number of nitrogens with one attached hydrogen (secondary N) is 2. The Morgan fingerprint density at radius 3 is 2.45 bits per heavy atom. The molecule has 0 unspecified atom stereocenters. The second kappa shape index (κ2) is 14.4. The normalized spacial score (nSPS) is 13.2. The molecule has 0 aliphatic carbocycles. The lowest BCUT2D eigenvalue weighted by molar-refractivity contribution is -0.384. The van der Waals surface area contributed by atoms with Gasteiger partial charge in [0.1, 0.15) is 40.6 Å². The van der Waals surface area contributed by atoms with E-state index in [1.165, 1.54) is 53.4 Å². The standard InChI is InChI=1S/C32H31ClF2N6O5.H2S/c1-32(2,3)46-31(43)37-26(15-19-7-10-23(11-8-19)41(44)45)30(42)39-13-14-40-27(18-39)38-28(20-5-4-6-21(34)16-20)29(40)36-22-9-12-24(33)25(35)17-22;/h4-12,16-17,26,36H,13-15,18H2,1-3H3,(H,37,43);1H2/t26-;/m0./s1. The van der Waals surface area contributed by atoms with Crippen molar-refractivity contribution >= 4 is 54.3 Å². The minimum atomic E-state index is -1.06. The van der Waals surface area contributed by atoms with Gasteiger partial charge in [0, 0.05) is 42.9 Å². The summed E-state index contributed by atoms with van der Waals surface area (Å²) in [6.07, 6.45) is -0.744. The molecule has 15 heteroatoms. The van der Waals surface area contributed by atoms with E-state index in [9.17, 15) is 28.5 Å². The predicted molar refractivity (Wildman–Crippen MR) is 178 cm³/mol. The number of amides is 2. The number of aromatic nitrogens is 2. The molecule has 1 aliphatic heterocycles. The van der Waals surface area contributed by atoms with Gasteiger partial charge >= 0.3 is 6.09 Å². The summed E-state index contributed by atoms with van der Waals surface area (Å²) in [5.74, 6) is -0.553. The number of fused-ring (bicyclic) bond motifs is 1. The lowest BCUT2D eigenvalue weighted by Gasteiger charge is -2.32. The molecule has 0 saturated carbocycles. The predicted octanol–water partition coefficient (Wildman–Crippen LogP) is 6.72. The minimum Gasteiger partial charge on any atom is -0.444 e. The number of non-ortho nitro benzene ring substituents is 1. The molecule has 4 aromatic rings. The van der Waals surface area contributed by atoms with Crippen molar-refractivity contribution in [2.45, 2.75) is 51.9 Å². The maximum Gasteiger partial charge on any atom is 0.408 e. The first-order valence-electron chi connectivity index (χ1n) is 14.4. The first-order chi connectivity index (χ1) is 21.8. The van der Waals surface area contributed by atoms with Crippen LogP contribution in [0.5, 0.6) is 0 Å². The zero-order valence-electron chi connectivity index (χ0n) is 25.7. The molecule has 0 fully saturated rings. The number of hydrogen-bond donors (Lipinski definition) is 2. The molecule has 2 amide bonds. The van der Waals surface area contributed by atoms with E-state index in [4.69, 9.17) is 21.3 Å². The summed E-state index contributed by atoms with van der Waals surface area (Å²) in [6, 6.07) is 14.8. The van der Waals surface area contributed by atoms with E-state index in [0.717, 1.165) is 0 Å². The maximum absolute atomic E-state index is 14.3. The average molecular weight is 687 g/mol. The molecule has 0 radical (unpaired) electrons. The number of benzene rings is 3. The molecule has 3 aromatic carbocycles. The fraction of sp³-hybridized carbons (Fsp3) is 0.281. The topological polar surface area (TPSA) is 132 Å². The van der Waals surface area contributed by atoms with Gasteiger partial charge in [-0.2, -0.15) is 13.5 Å². The van der Waals surface area contributed by atoms with Crippen LogP contribution in [0.4, 0.5) is 30.8 Å². The molecular weight excluding hydrogens is 654 g/mol. The van der Waals surface area contributed by atoms with Crippen LogP contribution in [-0.2, 0) is 29.0 Å². The fourth-order valence-electron chi connectivity index (χ4n) is 5.05. The van der Waals surface area contributed by atoms with Gasteiger partial charge in [0.25, 0.3) is 5.69 Å². The Kier molecular flexibility index (Phi) is 10.8. The van der Waals surface area contributed by atoms with Crippen molar-refractivity contribution in [3.05, 3.63) is 105 Å². The zero-order chi connectivity index (χ0) is 33.2. The first kappa shape index (κ1) is 35.2. The van der Waals surface area contributed by atoms with Crippen LogP contribution in [0.25, 0.3) is 11.3 Å². The maximum atomic E-state index is 14.3. The zero-order valence-corrected chi connectivity index (χ0v) is 27.5. The van der Waals surface area contributed by atoms with Crippen molar-refractivity contribution in [1.82, 2.24) is 19.8 Å². The Morgan fingerprint density at radius 1 is 1.09 bits per heavy atom. The van der Waals surface area contributed by atoms with E-state index in [2.05, 4.69) is 10.6 Å². The summed E-state index contributed by atoms with van der Waals surface area (Å²) in [5.41, 5.74) is 0.936. The number of hydrogen-bond acceptors (Lipinski definition) is 7. The molecule has 0 bridgehead atoms. The molecule has 2 heterocycles. The summed E-state index contributed by atoms with van der Waals surface area (Å²) in [7, 11) is 0. The van der Waals surface area contributed by atoms with Crippen LogP contribution in [0.3, 0.4) is 0 Å². The Labute approximate surface area is 281 Å². The monoisotopic (exact) mass is 686 g/mol. The largest absolute Gasteiger partial charge is 0.444 e. The fourth-order valence-corrected chi connectivity index (χ4v) is 5.17. The highest BCUT2D eigenvalue weighted by Gasteiger charge is 2.33. The van der Waals surface area contributed by atoms with Gasteiger partial charge in [-0.3, -0.25) is 14.9 Å². The third kappa shape index (κ3) is 8.57. The highest BCUT2D eigenvalue weighted by Crippen LogP contribution is 2.34. The number of nitrogens with zero attached hydrogens (tertiary/aromatic N) is 4. The Morgan fingerprint density at radius 2 is 1.81 bits per heavy atom. The van der Waals surface area contributed by atoms with Crippen LogP contribution in [-0.4, -0.2) is 49.6 Å². The highest BCUT2D eigenvalue weighted by atomic mass is 35.5. The molecule has 0 spiro atoms. The van der Waals surface area contributed by atoms with Gasteiger partial charge in [-0.25, -0.2) is 18.6 Å². The van der Waals surface area contributed by atoms with Crippen molar-refractivity contribution in [2.24, 2.45) is 0 Å². The van der Waals surface area contributed by atoms with Gasteiger partial charge in [-0.05, 0) is 56.7 Å². The summed E-state index contributed by atoms with van der Waals surface area (Å²) >= 11 is 5.87. The lowest BCUT2D eigenvalue weighted by Crippen LogP contribution is -2.52. The number of halogens is 3. The SMILES string of the molecule is CC(C)(C)OC(=O)N[C@@H](Cc1ccc([N+](=O)[O-])cc1)C(=O)N1CCn2c(nc(-c3cccc(F)c3)c2Nc2ccc(Cl)c(F)c2)C1.S. The third-order valence-electron chi connectivity index (χ3n) is 7.14. The number of anilines is 2. The van der Waals surface area contributed by atoms with E-state index in [1.807, 2.05) is 4.57 Å². The quantitative estimate of drug-likeness (QED) is 0.155. The van der Waals surface area contributed by atoms with Gasteiger partial charge in [0.15, 0.2) is 0 Å². The molecule has 0 saturated heterocycles. The number of nitro benzene ring substituents is 1. The van der Waals surface area contributed by atoms with E-state index in [1.54, 1.807) is 39.0 Å². The van der Waals surface area contributed by atoms with Crippen molar-refractivity contribution in [3.63, 3.8) is 0 Å². The molecule has 1 atom stereocenters. The van der Waals surface area contributed by atoms with Crippen molar-refractivity contribution in [2.75, 3.05) is 11.9 Å². The molecule has 11 nitrogen and oxygen atoms in total. The molecule has 47 heavy (non-hydrogen) atoms. The van der Waals surface area contributed by atoms with E-state index >= 15 is 0 Å². The third-order valence-corrected chi connectivity index (χ3v) is 7.45. The number of carbonyl (C=O) groups is 2. The number of alkyl carbamates (subject to hydrolysis) is 1. The van der Waals surface area contributed by atoms with E-state index < -0.39 is 40.2 Å². The molecule has 1 aromatic heterocycles. The smallest absolute Gasteiger partial charge is 0.408 e. The number of nitro groups is 1. The van der Waals surface area contributed by atoms with Crippen molar-refractivity contribution < 1.29 is 28.0 Å². The van der Waals surface area contributed by atoms with E-state index in [-0.39, 0.29) is 50.3 Å². The van der Waals surface area contributed by atoms with Crippen LogP contribution in [0, 0.1) is 21.7 Å². The first-order valence-corrected chi connectivity index (χ1v) is 14.7. The molecule has 2 N–H and O–H groups in total. The Hall–Kier alpha value is -4.69. The number of carbonyl (C=O) groups excluding carboxylic acids is 2. The summed E-state index contributed by atoms with van der Waals surface area (Å²) in [5, 5.41) is 16.9. The van der Waals surface area contributed by atoms with Crippen LogP contribution in [0.1, 0.15) is 32.2 Å². The van der Waals surface area contributed by atoms with Gasteiger partial charge < -0.3 is 24.8 Å². The van der Waals surface area contributed by atoms with Crippen molar-refractivity contribution in [3.8, 4) is 11.3 Å². The van der Waals surface area contributed by atoms with E-state index in [0.29, 0.717) is 34.2 Å². The molecule has 5 rings (SSSR count). The lowest BCUT2D eigenvalue weighted by atomic mass is 10.0. The molecule has 1 aliphatic rings.